The van der Waals surface area contributed by atoms with Gasteiger partial charge in [0.2, 0.25) is 0 Å². The summed E-state index contributed by atoms with van der Waals surface area (Å²) in [5.74, 6) is 0.501. The fraction of sp³-hybridized carbons (Fsp3) is 0.154. The van der Waals surface area contributed by atoms with Gasteiger partial charge in [-0.1, -0.05) is 30.3 Å². The first-order valence-electron chi connectivity index (χ1n) is 10.2. The van der Waals surface area contributed by atoms with Crippen molar-refractivity contribution >= 4 is 16.8 Å². The van der Waals surface area contributed by atoms with Crippen LogP contribution < -0.4 is 14.8 Å². The van der Waals surface area contributed by atoms with E-state index in [-0.39, 0.29) is 5.91 Å². The maximum atomic E-state index is 14.0. The molecule has 3 aromatic carbocycles. The summed E-state index contributed by atoms with van der Waals surface area (Å²) in [6.07, 6.45) is 0.698. The molecule has 4 rings (SSSR count). The lowest BCUT2D eigenvalue weighted by Gasteiger charge is -2.13. The number of fused-ring (bicyclic) bond motifs is 1. The zero-order chi connectivity index (χ0) is 22.5. The number of hydrogen-bond acceptors (Lipinski definition) is 4. The second-order valence-electron chi connectivity index (χ2n) is 7.27. The number of benzene rings is 3. The average Bonchev–Trinajstić information content (AvgIpc) is 2.83. The van der Waals surface area contributed by atoms with Gasteiger partial charge in [0, 0.05) is 23.6 Å². The number of halogens is 1. The van der Waals surface area contributed by atoms with Crippen molar-refractivity contribution in [3.05, 3.63) is 89.7 Å². The van der Waals surface area contributed by atoms with Crippen molar-refractivity contribution in [3.8, 4) is 22.8 Å². The van der Waals surface area contributed by atoms with Crippen molar-refractivity contribution in [1.29, 1.82) is 0 Å². The molecule has 0 aliphatic heterocycles. The van der Waals surface area contributed by atoms with Crippen LogP contribution in [0.2, 0.25) is 0 Å². The zero-order valence-corrected chi connectivity index (χ0v) is 17.9. The van der Waals surface area contributed by atoms with Crippen LogP contribution in [0.1, 0.15) is 15.9 Å². The standard InChI is InChI=1S/C26H23FN2O3/c1-31-19-9-10-20(25(15-19)32-2)24-16-22(21-14-18(27)8-11-23(21)29-24)26(30)28-13-12-17-6-4-3-5-7-17/h3-11,14-16H,12-13H2,1-2H3,(H,28,30). The third-order valence-corrected chi connectivity index (χ3v) is 5.24. The molecular formula is C26H23FN2O3. The molecule has 0 bridgehead atoms. The van der Waals surface area contributed by atoms with E-state index in [4.69, 9.17) is 9.47 Å². The van der Waals surface area contributed by atoms with Gasteiger partial charge in [0.15, 0.2) is 0 Å². The minimum absolute atomic E-state index is 0.285. The van der Waals surface area contributed by atoms with Crippen LogP contribution >= 0.6 is 0 Å². The highest BCUT2D eigenvalue weighted by Crippen LogP contribution is 2.34. The SMILES string of the molecule is COc1ccc(-c2cc(C(=O)NCCc3ccccc3)c3cc(F)ccc3n2)c(OC)c1. The molecule has 6 heteroatoms. The molecule has 0 saturated carbocycles. The van der Waals surface area contributed by atoms with Gasteiger partial charge in [-0.3, -0.25) is 4.79 Å². The first-order chi connectivity index (χ1) is 15.6. The molecule has 1 heterocycles. The molecule has 1 amide bonds. The molecule has 1 aromatic heterocycles. The largest absolute Gasteiger partial charge is 0.497 e. The molecule has 0 radical (unpaired) electrons. The smallest absolute Gasteiger partial charge is 0.252 e. The Labute approximate surface area is 185 Å². The quantitative estimate of drug-likeness (QED) is 0.447. The van der Waals surface area contributed by atoms with E-state index < -0.39 is 5.82 Å². The third-order valence-electron chi connectivity index (χ3n) is 5.24. The highest BCUT2D eigenvalue weighted by molar-refractivity contribution is 6.07. The minimum Gasteiger partial charge on any atom is -0.497 e. The summed E-state index contributed by atoms with van der Waals surface area (Å²) in [5.41, 5.74) is 3.27. The van der Waals surface area contributed by atoms with Crippen molar-refractivity contribution in [2.24, 2.45) is 0 Å². The summed E-state index contributed by atoms with van der Waals surface area (Å²) < 4.78 is 24.8. The van der Waals surface area contributed by atoms with E-state index in [1.54, 1.807) is 38.5 Å². The summed E-state index contributed by atoms with van der Waals surface area (Å²) in [4.78, 5) is 17.7. The molecule has 32 heavy (non-hydrogen) atoms. The number of amides is 1. The van der Waals surface area contributed by atoms with Gasteiger partial charge in [-0.25, -0.2) is 9.37 Å². The van der Waals surface area contributed by atoms with Crippen molar-refractivity contribution in [1.82, 2.24) is 10.3 Å². The van der Waals surface area contributed by atoms with Crippen LogP contribution in [0.3, 0.4) is 0 Å². The second-order valence-corrected chi connectivity index (χ2v) is 7.27. The number of hydrogen-bond donors (Lipinski definition) is 1. The second kappa shape index (κ2) is 9.47. The normalized spacial score (nSPS) is 10.7. The Morgan fingerprint density at radius 1 is 0.969 bits per heavy atom. The average molecular weight is 430 g/mol. The van der Waals surface area contributed by atoms with Crippen molar-refractivity contribution in [2.75, 3.05) is 20.8 Å². The van der Waals surface area contributed by atoms with E-state index in [0.29, 0.717) is 52.2 Å². The summed E-state index contributed by atoms with van der Waals surface area (Å²) in [6, 6.07) is 21.2. The number of carbonyl (C=O) groups excluding carboxylic acids is 1. The Bertz CT molecular complexity index is 1260. The predicted octanol–water partition coefficient (Wildman–Crippen LogP) is 5.03. The molecule has 0 unspecified atom stereocenters. The molecule has 0 fully saturated rings. The predicted molar refractivity (Wildman–Crippen MR) is 123 cm³/mol. The molecule has 0 aliphatic rings. The lowest BCUT2D eigenvalue weighted by atomic mass is 10.0. The lowest BCUT2D eigenvalue weighted by molar-refractivity contribution is 0.0955. The number of nitrogens with zero attached hydrogens (tertiary/aromatic N) is 1. The highest BCUT2D eigenvalue weighted by Gasteiger charge is 2.17. The van der Waals surface area contributed by atoms with E-state index in [9.17, 15) is 9.18 Å². The third kappa shape index (κ3) is 4.54. The Morgan fingerprint density at radius 2 is 1.78 bits per heavy atom. The molecular weight excluding hydrogens is 407 g/mol. The van der Waals surface area contributed by atoms with Gasteiger partial charge in [0.1, 0.15) is 17.3 Å². The van der Waals surface area contributed by atoms with Gasteiger partial charge >= 0.3 is 0 Å². The first-order valence-corrected chi connectivity index (χ1v) is 10.2. The number of methoxy groups -OCH3 is 2. The minimum atomic E-state index is -0.424. The van der Waals surface area contributed by atoms with Gasteiger partial charge in [-0.2, -0.15) is 0 Å². The number of nitrogens with one attached hydrogen (secondary N) is 1. The summed E-state index contributed by atoms with van der Waals surface area (Å²) in [7, 11) is 3.14. The van der Waals surface area contributed by atoms with E-state index in [2.05, 4.69) is 10.3 Å². The van der Waals surface area contributed by atoms with Gasteiger partial charge in [-0.05, 0) is 48.4 Å². The fourth-order valence-electron chi connectivity index (χ4n) is 3.59. The van der Waals surface area contributed by atoms with Crippen LogP contribution in [0, 0.1) is 5.82 Å². The molecule has 5 nitrogen and oxygen atoms in total. The molecule has 0 saturated heterocycles. The molecule has 0 atom stereocenters. The summed E-state index contributed by atoms with van der Waals surface area (Å²) in [6.45, 7) is 0.461. The van der Waals surface area contributed by atoms with Crippen LogP contribution in [0.15, 0.2) is 72.8 Å². The Hall–Kier alpha value is -3.93. The maximum Gasteiger partial charge on any atom is 0.252 e. The van der Waals surface area contributed by atoms with E-state index in [1.807, 2.05) is 36.4 Å². The number of pyridine rings is 1. The zero-order valence-electron chi connectivity index (χ0n) is 17.9. The Morgan fingerprint density at radius 3 is 2.53 bits per heavy atom. The van der Waals surface area contributed by atoms with Crippen LogP contribution in [-0.4, -0.2) is 31.7 Å². The molecule has 1 N–H and O–H groups in total. The lowest BCUT2D eigenvalue weighted by Crippen LogP contribution is -2.26. The maximum absolute atomic E-state index is 14.0. The van der Waals surface area contributed by atoms with Crippen molar-refractivity contribution < 1.29 is 18.7 Å². The van der Waals surface area contributed by atoms with E-state index in [1.165, 1.54) is 12.1 Å². The highest BCUT2D eigenvalue weighted by atomic mass is 19.1. The van der Waals surface area contributed by atoms with Crippen LogP contribution in [-0.2, 0) is 6.42 Å². The topological polar surface area (TPSA) is 60.5 Å². The number of rotatable bonds is 7. The Kier molecular flexibility index (Phi) is 6.31. The first kappa shape index (κ1) is 21.3. The van der Waals surface area contributed by atoms with Crippen molar-refractivity contribution in [2.45, 2.75) is 6.42 Å². The molecule has 0 spiro atoms. The van der Waals surface area contributed by atoms with Gasteiger partial charge < -0.3 is 14.8 Å². The monoisotopic (exact) mass is 430 g/mol. The Balaban J connectivity index is 1.71. The van der Waals surface area contributed by atoms with Gasteiger partial charge in [0.25, 0.3) is 5.91 Å². The molecule has 4 aromatic rings. The van der Waals surface area contributed by atoms with Crippen molar-refractivity contribution in [3.63, 3.8) is 0 Å². The van der Waals surface area contributed by atoms with Gasteiger partial charge in [-0.15, -0.1) is 0 Å². The molecule has 162 valence electrons. The molecule has 0 aliphatic carbocycles. The van der Waals surface area contributed by atoms with E-state index >= 15 is 0 Å². The summed E-state index contributed by atoms with van der Waals surface area (Å²) >= 11 is 0. The number of carbonyl (C=O) groups is 1. The van der Waals surface area contributed by atoms with E-state index in [0.717, 1.165) is 5.56 Å². The number of ether oxygens (including phenoxy) is 2. The van der Waals surface area contributed by atoms with Crippen LogP contribution in [0.25, 0.3) is 22.2 Å². The van der Waals surface area contributed by atoms with Crippen LogP contribution in [0.4, 0.5) is 4.39 Å². The van der Waals surface area contributed by atoms with Gasteiger partial charge in [0.05, 0.1) is 31.0 Å². The van der Waals surface area contributed by atoms with Crippen LogP contribution in [0.5, 0.6) is 11.5 Å². The number of aromatic nitrogens is 1. The summed E-state index contributed by atoms with van der Waals surface area (Å²) in [5, 5.41) is 3.40. The fourth-order valence-corrected chi connectivity index (χ4v) is 3.59.